The predicted octanol–water partition coefficient (Wildman–Crippen LogP) is 3.80. The number of nitrogens with zero attached hydrogens (tertiary/aromatic N) is 3. The molecule has 1 atom stereocenters. The lowest BCUT2D eigenvalue weighted by Crippen LogP contribution is -2.19. The summed E-state index contributed by atoms with van der Waals surface area (Å²) < 4.78 is 38.4. The Bertz CT molecular complexity index is 854. The number of rotatable bonds is 9. The summed E-state index contributed by atoms with van der Waals surface area (Å²) in [4.78, 5) is 23.2. The van der Waals surface area contributed by atoms with Crippen LogP contribution >= 0.6 is 0 Å². The maximum Gasteiger partial charge on any atom is 0.303 e. The maximum atomic E-state index is 13.7. The van der Waals surface area contributed by atoms with Crippen molar-refractivity contribution < 1.29 is 23.0 Å². The number of alkyl halides is 2. The number of aromatic nitrogens is 3. The molecule has 158 valence electrons. The van der Waals surface area contributed by atoms with Gasteiger partial charge in [-0.25, -0.2) is 15.0 Å². The molecule has 0 aliphatic carbocycles. The van der Waals surface area contributed by atoms with E-state index in [9.17, 15) is 13.6 Å². The van der Waals surface area contributed by atoms with E-state index in [1.165, 1.54) is 25.3 Å². The van der Waals surface area contributed by atoms with Crippen LogP contribution in [0.1, 0.15) is 38.7 Å². The predicted molar refractivity (Wildman–Crippen MR) is 105 cm³/mol. The van der Waals surface area contributed by atoms with Gasteiger partial charge in [-0.1, -0.05) is 6.92 Å². The molecule has 2 aromatic rings. The highest BCUT2D eigenvalue weighted by molar-refractivity contribution is 5.88. The van der Waals surface area contributed by atoms with E-state index in [0.29, 0.717) is 17.1 Å². The molecule has 1 amide bonds. The minimum Gasteiger partial charge on any atom is -0.487 e. The zero-order chi connectivity index (χ0) is 21.6. The highest BCUT2D eigenvalue weighted by Gasteiger charge is 2.29. The molecule has 0 spiro atoms. The van der Waals surface area contributed by atoms with E-state index in [1.54, 1.807) is 14.0 Å². The van der Waals surface area contributed by atoms with Crippen LogP contribution in [-0.2, 0) is 15.5 Å². The average molecular weight is 409 g/mol. The third-order valence-corrected chi connectivity index (χ3v) is 3.89. The average Bonchev–Trinajstić information content (AvgIpc) is 2.62. The van der Waals surface area contributed by atoms with Gasteiger partial charge in [0.15, 0.2) is 5.75 Å². The fraction of sp³-hybridized carbons (Fsp3) is 0.474. The highest BCUT2D eigenvalue weighted by Crippen LogP contribution is 2.31. The van der Waals surface area contributed by atoms with Gasteiger partial charge in [0.05, 0.1) is 18.0 Å². The molecular weight excluding hydrogens is 384 g/mol. The van der Waals surface area contributed by atoms with Gasteiger partial charge in [-0.15, -0.1) is 0 Å². The summed E-state index contributed by atoms with van der Waals surface area (Å²) in [6.45, 7) is 5.91. The highest BCUT2D eigenvalue weighted by atomic mass is 19.3. The molecule has 0 aliphatic rings. The lowest BCUT2D eigenvalue weighted by atomic mass is 10.3. The number of pyridine rings is 1. The van der Waals surface area contributed by atoms with Crippen LogP contribution in [0.4, 0.5) is 26.1 Å². The van der Waals surface area contributed by atoms with E-state index >= 15 is 0 Å². The number of halogens is 2. The van der Waals surface area contributed by atoms with Crippen LogP contribution in [0.25, 0.3) is 0 Å². The minimum atomic E-state index is -3.19. The Morgan fingerprint density at radius 1 is 1.28 bits per heavy atom. The normalized spacial score (nSPS) is 12.4. The fourth-order valence-corrected chi connectivity index (χ4v) is 2.41. The molecule has 2 aromatic heterocycles. The Balaban J connectivity index is 2.37. The summed E-state index contributed by atoms with van der Waals surface area (Å²) in [5, 5.41) is 5.53. The second-order valence-corrected chi connectivity index (χ2v) is 6.56. The monoisotopic (exact) mass is 409 g/mol. The number of ether oxygens (including phenoxy) is 2. The van der Waals surface area contributed by atoms with Crippen molar-refractivity contribution >= 4 is 23.2 Å². The van der Waals surface area contributed by atoms with Crippen LogP contribution in [0.15, 0.2) is 18.3 Å². The number of carbonyl (C=O) groups excluding carboxylic acids is 1. The standard InChI is InChI=1S/C19H25F2N5O3/c1-6-13(28-5)10-29-15-9-22-16(24-12(3)27)8-14(15)25-17-7-11(2)23-18(26-17)19(4,20)21/h7-9,13H,6,10H2,1-5H3,(H2,22,23,24,25,26,27). The first kappa shape index (κ1) is 22.4. The molecule has 0 aliphatic heterocycles. The molecule has 0 bridgehead atoms. The Kier molecular flexibility index (Phi) is 7.38. The number of anilines is 3. The van der Waals surface area contributed by atoms with Gasteiger partial charge in [-0.3, -0.25) is 4.79 Å². The number of hydrogen-bond donors (Lipinski definition) is 2. The first-order chi connectivity index (χ1) is 13.6. The summed E-state index contributed by atoms with van der Waals surface area (Å²) in [6, 6.07) is 3.06. The quantitative estimate of drug-likeness (QED) is 0.650. The van der Waals surface area contributed by atoms with Gasteiger partial charge in [0.2, 0.25) is 11.7 Å². The third-order valence-electron chi connectivity index (χ3n) is 3.89. The summed E-state index contributed by atoms with van der Waals surface area (Å²) in [5.41, 5.74) is 0.779. The molecule has 0 aromatic carbocycles. The van der Waals surface area contributed by atoms with Gasteiger partial charge < -0.3 is 20.1 Å². The lowest BCUT2D eigenvalue weighted by molar-refractivity contribution is -0.114. The van der Waals surface area contributed by atoms with E-state index in [0.717, 1.165) is 13.3 Å². The van der Waals surface area contributed by atoms with Crippen molar-refractivity contribution in [1.29, 1.82) is 0 Å². The molecule has 0 radical (unpaired) electrons. The van der Waals surface area contributed by atoms with E-state index in [1.807, 2.05) is 6.92 Å². The minimum absolute atomic E-state index is 0.121. The zero-order valence-corrected chi connectivity index (χ0v) is 17.0. The summed E-state index contributed by atoms with van der Waals surface area (Å²) in [5.74, 6) is -3.28. The summed E-state index contributed by atoms with van der Waals surface area (Å²) in [7, 11) is 1.59. The Labute approximate surface area is 168 Å². The first-order valence-electron chi connectivity index (χ1n) is 9.06. The first-order valence-corrected chi connectivity index (χ1v) is 9.06. The molecule has 2 heterocycles. The van der Waals surface area contributed by atoms with Crippen molar-refractivity contribution in [2.75, 3.05) is 24.4 Å². The van der Waals surface area contributed by atoms with Gasteiger partial charge in [-0.2, -0.15) is 8.78 Å². The van der Waals surface area contributed by atoms with E-state index in [2.05, 4.69) is 25.6 Å². The van der Waals surface area contributed by atoms with Crippen LogP contribution < -0.4 is 15.4 Å². The summed E-state index contributed by atoms with van der Waals surface area (Å²) in [6.07, 6.45) is 2.06. The third kappa shape index (κ3) is 6.60. The molecule has 1 unspecified atom stereocenters. The van der Waals surface area contributed by atoms with Crippen molar-refractivity contribution in [3.05, 3.63) is 29.8 Å². The molecule has 29 heavy (non-hydrogen) atoms. The molecule has 0 fully saturated rings. The number of amides is 1. The number of nitrogens with one attached hydrogen (secondary N) is 2. The molecule has 2 rings (SSSR count). The van der Waals surface area contributed by atoms with E-state index in [4.69, 9.17) is 9.47 Å². The van der Waals surface area contributed by atoms with Crippen molar-refractivity contribution in [3.63, 3.8) is 0 Å². The van der Waals surface area contributed by atoms with Gasteiger partial charge in [0.1, 0.15) is 18.2 Å². The fourth-order valence-electron chi connectivity index (χ4n) is 2.41. The van der Waals surface area contributed by atoms with Crippen molar-refractivity contribution in [3.8, 4) is 5.75 Å². The molecular formula is C19H25F2N5O3. The second kappa shape index (κ2) is 9.55. The van der Waals surface area contributed by atoms with E-state index < -0.39 is 11.7 Å². The molecule has 8 nitrogen and oxygen atoms in total. The van der Waals surface area contributed by atoms with Crippen LogP contribution in [0.2, 0.25) is 0 Å². The van der Waals surface area contributed by atoms with Gasteiger partial charge in [0, 0.05) is 38.8 Å². The van der Waals surface area contributed by atoms with Crippen LogP contribution in [-0.4, -0.2) is 40.7 Å². The molecule has 10 heteroatoms. The molecule has 0 saturated carbocycles. The van der Waals surface area contributed by atoms with Crippen LogP contribution in [0, 0.1) is 6.92 Å². The topological polar surface area (TPSA) is 98.3 Å². The Morgan fingerprint density at radius 3 is 2.59 bits per heavy atom. The van der Waals surface area contributed by atoms with Crippen molar-refractivity contribution in [1.82, 2.24) is 15.0 Å². The van der Waals surface area contributed by atoms with Crippen molar-refractivity contribution in [2.45, 2.75) is 46.1 Å². The maximum absolute atomic E-state index is 13.7. The largest absolute Gasteiger partial charge is 0.487 e. The summed E-state index contributed by atoms with van der Waals surface area (Å²) >= 11 is 0. The molecule has 0 saturated heterocycles. The van der Waals surface area contributed by atoms with E-state index in [-0.39, 0.29) is 30.3 Å². The number of methoxy groups -OCH3 is 1. The number of aryl methyl sites for hydroxylation is 1. The molecule has 2 N–H and O–H groups in total. The zero-order valence-electron chi connectivity index (χ0n) is 17.0. The van der Waals surface area contributed by atoms with Gasteiger partial charge in [0.25, 0.3) is 0 Å². The van der Waals surface area contributed by atoms with Crippen LogP contribution in [0.3, 0.4) is 0 Å². The number of hydrogen-bond acceptors (Lipinski definition) is 7. The SMILES string of the molecule is CCC(COc1cnc(NC(C)=O)cc1Nc1cc(C)nc(C(C)(F)F)n1)OC. The second-order valence-electron chi connectivity index (χ2n) is 6.56. The Hall–Kier alpha value is -2.88. The van der Waals surface area contributed by atoms with Gasteiger partial charge in [-0.05, 0) is 13.3 Å². The Morgan fingerprint density at radius 2 is 2.00 bits per heavy atom. The van der Waals surface area contributed by atoms with Gasteiger partial charge >= 0.3 is 5.92 Å². The smallest absolute Gasteiger partial charge is 0.303 e. The van der Waals surface area contributed by atoms with Crippen LogP contribution in [0.5, 0.6) is 5.75 Å². The number of carbonyl (C=O) groups is 1. The lowest BCUT2D eigenvalue weighted by Gasteiger charge is -2.18. The van der Waals surface area contributed by atoms with Crippen molar-refractivity contribution in [2.24, 2.45) is 0 Å².